The molecule has 0 atom stereocenters. The van der Waals surface area contributed by atoms with E-state index in [4.69, 9.17) is 9.47 Å². The first-order chi connectivity index (χ1) is 8.90. The predicted molar refractivity (Wildman–Crippen MR) is 71.0 cm³/mol. The van der Waals surface area contributed by atoms with E-state index in [-0.39, 0.29) is 6.10 Å². The molecule has 0 spiro atoms. The van der Waals surface area contributed by atoms with Gasteiger partial charge in [0, 0.05) is 0 Å². The van der Waals surface area contributed by atoms with Gasteiger partial charge in [-0.25, -0.2) is 0 Å². The number of rotatable bonds is 4. The molecule has 2 heterocycles. The van der Waals surface area contributed by atoms with Crippen molar-refractivity contribution in [2.45, 2.75) is 25.4 Å². The van der Waals surface area contributed by atoms with Gasteiger partial charge in [0.05, 0.1) is 13.2 Å². The van der Waals surface area contributed by atoms with Gasteiger partial charge in [-0.1, -0.05) is 12.1 Å². The van der Waals surface area contributed by atoms with Crippen LogP contribution in [0.2, 0.25) is 0 Å². The summed E-state index contributed by atoms with van der Waals surface area (Å²) in [7, 11) is 0. The van der Waals surface area contributed by atoms with Crippen molar-refractivity contribution in [3.63, 3.8) is 0 Å². The number of hydrogen-bond donors (Lipinski definition) is 1. The zero-order chi connectivity index (χ0) is 12.2. The maximum atomic E-state index is 5.84. The fourth-order valence-corrected chi connectivity index (χ4v) is 2.64. The molecule has 0 saturated carbocycles. The van der Waals surface area contributed by atoms with E-state index in [1.165, 1.54) is 37.9 Å². The zero-order valence-electron chi connectivity index (χ0n) is 10.7. The van der Waals surface area contributed by atoms with Crippen LogP contribution in [-0.4, -0.2) is 32.4 Å². The molecule has 3 heteroatoms. The lowest BCUT2D eigenvalue weighted by Gasteiger charge is -2.27. The third-order valence-electron chi connectivity index (χ3n) is 3.79. The number of benzene rings is 1. The normalized spacial score (nSPS) is 21.6. The average molecular weight is 247 g/mol. The SMILES string of the molecule is c1cc(CC2CCNCC2)cc(OC2COC2)c1. The van der Waals surface area contributed by atoms with E-state index in [1.807, 2.05) is 6.07 Å². The minimum absolute atomic E-state index is 0.263. The highest BCUT2D eigenvalue weighted by atomic mass is 16.6. The maximum Gasteiger partial charge on any atom is 0.145 e. The van der Waals surface area contributed by atoms with Crippen molar-refractivity contribution in [2.24, 2.45) is 5.92 Å². The molecule has 0 bridgehead atoms. The van der Waals surface area contributed by atoms with E-state index in [9.17, 15) is 0 Å². The molecule has 3 rings (SSSR count). The monoisotopic (exact) mass is 247 g/mol. The molecule has 2 fully saturated rings. The lowest BCUT2D eigenvalue weighted by molar-refractivity contribution is -0.0797. The summed E-state index contributed by atoms with van der Waals surface area (Å²) in [5, 5.41) is 3.41. The number of piperidine rings is 1. The summed E-state index contributed by atoms with van der Waals surface area (Å²) >= 11 is 0. The van der Waals surface area contributed by atoms with Crippen molar-refractivity contribution in [3.05, 3.63) is 29.8 Å². The Morgan fingerprint density at radius 1 is 1.22 bits per heavy atom. The summed E-state index contributed by atoms with van der Waals surface area (Å²) in [6, 6.07) is 8.56. The van der Waals surface area contributed by atoms with Crippen LogP contribution in [0.3, 0.4) is 0 Å². The molecular weight excluding hydrogens is 226 g/mol. The van der Waals surface area contributed by atoms with E-state index >= 15 is 0 Å². The standard InChI is InChI=1S/C15H21NO2/c1-2-13(8-12-4-6-16-7-5-12)9-14(3-1)18-15-10-17-11-15/h1-3,9,12,15-16H,4-8,10-11H2. The van der Waals surface area contributed by atoms with E-state index in [1.54, 1.807) is 0 Å². The predicted octanol–water partition coefficient (Wildman–Crippen LogP) is 2.01. The molecule has 1 N–H and O–H groups in total. The first-order valence-electron chi connectivity index (χ1n) is 6.94. The highest BCUT2D eigenvalue weighted by Gasteiger charge is 2.20. The van der Waals surface area contributed by atoms with Crippen LogP contribution < -0.4 is 10.1 Å². The van der Waals surface area contributed by atoms with Crippen LogP contribution >= 0.6 is 0 Å². The lowest BCUT2D eigenvalue weighted by Crippen LogP contribution is -2.38. The van der Waals surface area contributed by atoms with E-state index < -0.39 is 0 Å². The summed E-state index contributed by atoms with van der Waals surface area (Å²) in [6.45, 7) is 3.80. The Balaban J connectivity index is 1.58. The van der Waals surface area contributed by atoms with Gasteiger partial charge in [-0.2, -0.15) is 0 Å². The zero-order valence-corrected chi connectivity index (χ0v) is 10.7. The third kappa shape index (κ3) is 3.03. The van der Waals surface area contributed by atoms with Crippen molar-refractivity contribution in [1.29, 1.82) is 0 Å². The molecule has 2 aliphatic rings. The van der Waals surface area contributed by atoms with Crippen LogP contribution in [0.4, 0.5) is 0 Å². The minimum Gasteiger partial charge on any atom is -0.486 e. The van der Waals surface area contributed by atoms with Gasteiger partial charge in [-0.15, -0.1) is 0 Å². The molecule has 0 aromatic heterocycles. The summed E-state index contributed by atoms with van der Waals surface area (Å²) in [5.74, 6) is 1.82. The summed E-state index contributed by atoms with van der Waals surface area (Å²) < 4.78 is 11.0. The fourth-order valence-electron chi connectivity index (χ4n) is 2.64. The topological polar surface area (TPSA) is 30.5 Å². The molecule has 1 aromatic carbocycles. The molecule has 2 saturated heterocycles. The van der Waals surface area contributed by atoms with Gasteiger partial charge in [-0.05, 0) is 56.0 Å². The summed E-state index contributed by atoms with van der Waals surface area (Å²) in [5.41, 5.74) is 1.40. The Kier molecular flexibility index (Phi) is 3.81. The molecule has 98 valence electrons. The van der Waals surface area contributed by atoms with Crippen LogP contribution in [0.15, 0.2) is 24.3 Å². The number of ether oxygens (including phenoxy) is 2. The van der Waals surface area contributed by atoms with E-state index in [2.05, 4.69) is 23.5 Å². The van der Waals surface area contributed by atoms with Crippen LogP contribution in [0.1, 0.15) is 18.4 Å². The van der Waals surface area contributed by atoms with Gasteiger partial charge in [-0.3, -0.25) is 0 Å². The fraction of sp³-hybridized carbons (Fsp3) is 0.600. The second kappa shape index (κ2) is 5.72. The molecule has 3 nitrogen and oxygen atoms in total. The smallest absolute Gasteiger partial charge is 0.145 e. The van der Waals surface area contributed by atoms with Gasteiger partial charge in [0.2, 0.25) is 0 Å². The Morgan fingerprint density at radius 2 is 2.06 bits per heavy atom. The van der Waals surface area contributed by atoms with Gasteiger partial charge >= 0.3 is 0 Å². The molecular formula is C15H21NO2. The van der Waals surface area contributed by atoms with Crippen molar-refractivity contribution in [1.82, 2.24) is 5.32 Å². The van der Waals surface area contributed by atoms with Crippen molar-refractivity contribution < 1.29 is 9.47 Å². The van der Waals surface area contributed by atoms with Crippen molar-refractivity contribution in [3.8, 4) is 5.75 Å². The number of hydrogen-bond acceptors (Lipinski definition) is 3. The quantitative estimate of drug-likeness (QED) is 0.883. The number of nitrogens with one attached hydrogen (secondary N) is 1. The van der Waals surface area contributed by atoms with Crippen LogP contribution in [0, 0.1) is 5.92 Å². The molecule has 0 unspecified atom stereocenters. The molecule has 0 radical (unpaired) electrons. The highest BCUT2D eigenvalue weighted by molar-refractivity contribution is 5.29. The second-order valence-electron chi connectivity index (χ2n) is 5.32. The average Bonchev–Trinajstić information content (AvgIpc) is 2.36. The summed E-state index contributed by atoms with van der Waals surface area (Å²) in [6.07, 6.45) is 4.03. The van der Waals surface area contributed by atoms with Gasteiger partial charge in [0.15, 0.2) is 0 Å². The maximum absolute atomic E-state index is 5.84. The highest BCUT2D eigenvalue weighted by Crippen LogP contribution is 2.22. The Morgan fingerprint density at radius 3 is 2.78 bits per heavy atom. The van der Waals surface area contributed by atoms with Gasteiger partial charge in [0.1, 0.15) is 11.9 Å². The first-order valence-corrected chi connectivity index (χ1v) is 6.94. The van der Waals surface area contributed by atoms with Gasteiger partial charge < -0.3 is 14.8 Å². The van der Waals surface area contributed by atoms with Crippen molar-refractivity contribution in [2.75, 3.05) is 26.3 Å². The van der Waals surface area contributed by atoms with E-state index in [0.29, 0.717) is 0 Å². The van der Waals surface area contributed by atoms with Crippen LogP contribution in [0.25, 0.3) is 0 Å². The Labute approximate surface area is 108 Å². The molecule has 18 heavy (non-hydrogen) atoms. The Bertz CT molecular complexity index is 384. The first kappa shape index (κ1) is 12.0. The van der Waals surface area contributed by atoms with Crippen LogP contribution in [0.5, 0.6) is 5.75 Å². The molecule has 2 aliphatic heterocycles. The Hall–Kier alpha value is -1.06. The van der Waals surface area contributed by atoms with Crippen molar-refractivity contribution >= 4 is 0 Å². The van der Waals surface area contributed by atoms with E-state index in [0.717, 1.165) is 24.9 Å². The van der Waals surface area contributed by atoms with Gasteiger partial charge in [0.25, 0.3) is 0 Å². The second-order valence-corrected chi connectivity index (χ2v) is 5.32. The summed E-state index contributed by atoms with van der Waals surface area (Å²) in [4.78, 5) is 0. The largest absolute Gasteiger partial charge is 0.486 e. The molecule has 0 amide bonds. The molecule has 0 aliphatic carbocycles. The lowest BCUT2D eigenvalue weighted by atomic mass is 9.91. The minimum atomic E-state index is 0.263. The third-order valence-corrected chi connectivity index (χ3v) is 3.79. The van der Waals surface area contributed by atoms with Crippen LogP contribution in [-0.2, 0) is 11.2 Å². The molecule has 1 aromatic rings.